The SMILES string of the molecule is CC(Sc1ccc2cc(Br)ccc2c1)C(=O)OCCN1CCN(CCCN2c3ccccc3Sc3ccc(C(F)(F)F)cc32)CC1. The molecule has 0 spiro atoms. The molecule has 1 unspecified atom stereocenters. The number of hydrogen-bond donors (Lipinski definition) is 0. The number of esters is 1. The van der Waals surface area contributed by atoms with Crippen LogP contribution in [0.3, 0.4) is 0 Å². The number of piperazine rings is 1. The summed E-state index contributed by atoms with van der Waals surface area (Å²) in [5, 5.41) is 1.98. The van der Waals surface area contributed by atoms with Crippen molar-refractivity contribution in [1.82, 2.24) is 9.80 Å². The number of carbonyl (C=O) groups is 1. The highest BCUT2D eigenvalue weighted by Gasteiger charge is 2.33. The van der Waals surface area contributed by atoms with Crippen molar-refractivity contribution in [2.75, 3.05) is 57.3 Å². The molecule has 4 aromatic carbocycles. The predicted molar refractivity (Wildman–Crippen MR) is 184 cm³/mol. The van der Waals surface area contributed by atoms with Crippen molar-refractivity contribution in [1.29, 1.82) is 0 Å². The minimum Gasteiger partial charge on any atom is -0.463 e. The van der Waals surface area contributed by atoms with E-state index in [0.29, 0.717) is 25.4 Å². The van der Waals surface area contributed by atoms with Crippen LogP contribution >= 0.6 is 39.5 Å². The summed E-state index contributed by atoms with van der Waals surface area (Å²) in [5.74, 6) is -0.207. The minimum absolute atomic E-state index is 0.207. The van der Waals surface area contributed by atoms with Gasteiger partial charge in [0.1, 0.15) is 11.9 Å². The summed E-state index contributed by atoms with van der Waals surface area (Å²) in [7, 11) is 0. The van der Waals surface area contributed by atoms with Gasteiger partial charge >= 0.3 is 12.1 Å². The fourth-order valence-corrected chi connectivity index (χ4v) is 8.22. The summed E-state index contributed by atoms with van der Waals surface area (Å²) in [5.41, 5.74) is 0.957. The van der Waals surface area contributed by atoms with E-state index < -0.39 is 11.7 Å². The first-order valence-corrected chi connectivity index (χ1v) is 17.9. The van der Waals surface area contributed by atoms with Gasteiger partial charge in [0.15, 0.2) is 0 Å². The van der Waals surface area contributed by atoms with Crippen molar-refractivity contribution in [3.63, 3.8) is 0 Å². The largest absolute Gasteiger partial charge is 0.463 e. The Morgan fingerprint density at radius 1 is 0.870 bits per heavy atom. The van der Waals surface area contributed by atoms with Gasteiger partial charge in [0.25, 0.3) is 0 Å². The van der Waals surface area contributed by atoms with E-state index in [1.165, 1.54) is 35.7 Å². The second kappa shape index (κ2) is 14.6. The molecule has 2 heterocycles. The molecule has 0 amide bonds. The summed E-state index contributed by atoms with van der Waals surface area (Å²) in [6.07, 6.45) is -3.55. The zero-order valence-corrected chi connectivity index (χ0v) is 28.7. The Bertz CT molecular complexity index is 1700. The van der Waals surface area contributed by atoms with Crippen molar-refractivity contribution in [3.05, 3.63) is 88.9 Å². The van der Waals surface area contributed by atoms with E-state index in [1.54, 1.807) is 6.07 Å². The summed E-state index contributed by atoms with van der Waals surface area (Å²) in [6.45, 7) is 8.02. The number of halogens is 4. The van der Waals surface area contributed by atoms with Gasteiger partial charge in [-0.1, -0.05) is 52.0 Å². The summed E-state index contributed by atoms with van der Waals surface area (Å²) in [6, 6.07) is 24.3. The van der Waals surface area contributed by atoms with Crippen molar-refractivity contribution >= 4 is 67.6 Å². The minimum atomic E-state index is -4.38. The maximum Gasteiger partial charge on any atom is 0.416 e. The van der Waals surface area contributed by atoms with Gasteiger partial charge in [-0.05, 0) is 85.3 Å². The maximum atomic E-state index is 13.5. The van der Waals surface area contributed by atoms with Crippen LogP contribution < -0.4 is 4.90 Å². The molecule has 5 nitrogen and oxygen atoms in total. The average molecular weight is 731 g/mol. The number of rotatable bonds is 10. The van der Waals surface area contributed by atoms with Crippen molar-refractivity contribution in [2.24, 2.45) is 0 Å². The molecule has 1 saturated heterocycles. The number of ether oxygens (including phenoxy) is 1. The van der Waals surface area contributed by atoms with Gasteiger partial charge in [-0.25, -0.2) is 0 Å². The number of thioether (sulfide) groups is 1. The van der Waals surface area contributed by atoms with E-state index in [9.17, 15) is 18.0 Å². The smallest absolute Gasteiger partial charge is 0.416 e. The molecular weight excluding hydrogens is 695 g/mol. The average Bonchev–Trinajstić information content (AvgIpc) is 3.04. The number of benzene rings is 4. The van der Waals surface area contributed by atoms with Crippen LogP contribution in [0, 0.1) is 0 Å². The molecule has 0 aliphatic carbocycles. The number of alkyl halides is 3. The monoisotopic (exact) mass is 729 g/mol. The molecule has 0 bridgehead atoms. The van der Waals surface area contributed by atoms with Gasteiger partial charge in [0.2, 0.25) is 0 Å². The van der Waals surface area contributed by atoms with E-state index in [2.05, 4.69) is 50.0 Å². The maximum absolute atomic E-state index is 13.5. The lowest BCUT2D eigenvalue weighted by molar-refractivity contribution is -0.143. The van der Waals surface area contributed by atoms with Crippen LogP contribution in [-0.2, 0) is 15.7 Å². The molecule has 6 rings (SSSR count). The van der Waals surface area contributed by atoms with Crippen molar-refractivity contribution in [3.8, 4) is 0 Å². The van der Waals surface area contributed by atoms with Gasteiger partial charge in [-0.3, -0.25) is 9.69 Å². The molecule has 0 N–H and O–H groups in total. The van der Waals surface area contributed by atoms with Gasteiger partial charge in [-0.15, -0.1) is 11.8 Å². The topological polar surface area (TPSA) is 36.0 Å². The van der Waals surface area contributed by atoms with Gasteiger partial charge in [0, 0.05) is 58.4 Å². The molecule has 11 heteroatoms. The lowest BCUT2D eigenvalue weighted by Gasteiger charge is -2.36. The molecular formula is C35H35BrF3N3O2S2. The molecule has 1 fully saturated rings. The van der Waals surface area contributed by atoms with E-state index in [0.717, 1.165) is 74.8 Å². The molecule has 46 heavy (non-hydrogen) atoms. The van der Waals surface area contributed by atoms with Crippen LogP contribution in [0.5, 0.6) is 0 Å². The van der Waals surface area contributed by atoms with E-state index in [4.69, 9.17) is 4.74 Å². The second-order valence-electron chi connectivity index (χ2n) is 11.5. The summed E-state index contributed by atoms with van der Waals surface area (Å²) >= 11 is 6.53. The molecule has 1 atom stereocenters. The standard InChI is InChI=1S/C35H35BrF3N3O2S2/c1-24(45-29-11-8-25-21-28(36)10-7-26(25)22-29)34(43)44-20-19-41-17-15-40(16-18-41)13-4-14-42-30-5-2-3-6-32(30)46-33-12-9-27(23-31(33)42)35(37,38)39/h2-3,5-12,21-24H,4,13-20H2,1H3. The molecule has 0 aromatic heterocycles. The highest BCUT2D eigenvalue weighted by Crippen LogP contribution is 2.49. The van der Waals surface area contributed by atoms with Gasteiger partial charge in [0.05, 0.1) is 16.9 Å². The highest BCUT2D eigenvalue weighted by molar-refractivity contribution is 9.10. The van der Waals surface area contributed by atoms with E-state index in [1.807, 2.05) is 48.2 Å². The van der Waals surface area contributed by atoms with Crippen LogP contribution in [0.4, 0.5) is 24.5 Å². The third-order valence-corrected chi connectivity index (χ3v) is 11.0. The number of para-hydroxylation sites is 1. The number of anilines is 2. The Hall–Kier alpha value is -2.70. The van der Waals surface area contributed by atoms with Crippen LogP contribution in [0.2, 0.25) is 0 Å². The third-order valence-electron chi connectivity index (χ3n) is 8.34. The first-order valence-electron chi connectivity index (χ1n) is 15.4. The fourth-order valence-electron chi connectivity index (χ4n) is 5.85. The number of hydrogen-bond acceptors (Lipinski definition) is 7. The summed E-state index contributed by atoms with van der Waals surface area (Å²) < 4.78 is 47.3. The predicted octanol–water partition coefficient (Wildman–Crippen LogP) is 8.96. The Balaban J connectivity index is 0.938. The molecule has 2 aliphatic heterocycles. The number of carbonyl (C=O) groups excluding carboxylic acids is 1. The van der Waals surface area contributed by atoms with Crippen molar-refractivity contribution < 1.29 is 22.7 Å². The second-order valence-corrected chi connectivity index (χ2v) is 14.9. The zero-order chi connectivity index (χ0) is 32.3. The van der Waals surface area contributed by atoms with Crippen LogP contribution in [0.15, 0.2) is 98.0 Å². The highest BCUT2D eigenvalue weighted by atomic mass is 79.9. The Morgan fingerprint density at radius 3 is 2.35 bits per heavy atom. The quantitative estimate of drug-likeness (QED) is 0.119. The lowest BCUT2D eigenvalue weighted by Crippen LogP contribution is -2.47. The number of nitrogens with zero attached hydrogens (tertiary/aromatic N) is 3. The lowest BCUT2D eigenvalue weighted by atomic mass is 10.1. The third kappa shape index (κ3) is 8.05. The van der Waals surface area contributed by atoms with Gasteiger partial charge in [-0.2, -0.15) is 13.2 Å². The molecule has 2 aliphatic rings. The zero-order valence-electron chi connectivity index (χ0n) is 25.4. The summed E-state index contributed by atoms with van der Waals surface area (Å²) in [4.78, 5) is 22.4. The molecule has 0 saturated carbocycles. The molecule has 4 aromatic rings. The Kier molecular flexibility index (Phi) is 10.5. The fraction of sp³-hybridized carbons (Fsp3) is 0.343. The van der Waals surface area contributed by atoms with E-state index >= 15 is 0 Å². The van der Waals surface area contributed by atoms with Crippen LogP contribution in [0.1, 0.15) is 18.9 Å². The number of fused-ring (bicyclic) bond motifs is 3. The first kappa shape index (κ1) is 33.2. The van der Waals surface area contributed by atoms with Crippen LogP contribution in [0.25, 0.3) is 10.8 Å². The van der Waals surface area contributed by atoms with E-state index in [-0.39, 0.29) is 11.2 Å². The molecule has 242 valence electrons. The Labute approximate surface area is 284 Å². The molecule has 0 radical (unpaired) electrons. The Morgan fingerprint density at radius 2 is 1.57 bits per heavy atom. The van der Waals surface area contributed by atoms with Gasteiger partial charge < -0.3 is 14.5 Å². The van der Waals surface area contributed by atoms with Crippen molar-refractivity contribution in [2.45, 2.75) is 39.5 Å². The normalized spacial score (nSPS) is 16.2. The first-order chi connectivity index (χ1) is 22.1. The van der Waals surface area contributed by atoms with Crippen LogP contribution in [-0.4, -0.2) is 73.4 Å².